The van der Waals surface area contributed by atoms with Gasteiger partial charge in [-0.3, -0.25) is 4.79 Å². The molecule has 1 aromatic heterocycles. The van der Waals surface area contributed by atoms with E-state index in [4.69, 9.17) is 0 Å². The lowest BCUT2D eigenvalue weighted by Gasteiger charge is -2.17. The molecule has 0 radical (unpaired) electrons. The van der Waals surface area contributed by atoms with Gasteiger partial charge < -0.3 is 15.1 Å². The summed E-state index contributed by atoms with van der Waals surface area (Å²) in [6, 6.07) is 9.49. The molecule has 0 unspecified atom stereocenters. The number of amides is 1. The molecule has 1 aromatic carbocycles. The first kappa shape index (κ1) is 16.9. The van der Waals surface area contributed by atoms with Crippen molar-refractivity contribution in [3.8, 4) is 0 Å². The average Bonchev–Trinajstić information content (AvgIpc) is 2.58. The number of nitrogens with zero attached hydrogens (tertiary/aromatic N) is 4. The number of benzene rings is 1. The predicted molar refractivity (Wildman–Crippen MR) is 92.9 cm³/mol. The SMILES string of the molecule is CN(C)CCCNc1ncc(C(=O)N(C)c2ccccc2)cn1. The van der Waals surface area contributed by atoms with E-state index in [2.05, 4.69) is 20.2 Å². The maximum atomic E-state index is 12.4. The second-order valence-electron chi connectivity index (χ2n) is 5.58. The van der Waals surface area contributed by atoms with Gasteiger partial charge in [-0.1, -0.05) is 18.2 Å². The van der Waals surface area contributed by atoms with Gasteiger partial charge in [0.1, 0.15) is 0 Å². The highest BCUT2D eigenvalue weighted by Gasteiger charge is 2.14. The Morgan fingerprint density at radius 1 is 1.09 bits per heavy atom. The number of carbonyl (C=O) groups excluding carboxylic acids is 1. The van der Waals surface area contributed by atoms with Crippen LogP contribution >= 0.6 is 0 Å². The zero-order valence-corrected chi connectivity index (χ0v) is 13.9. The lowest BCUT2D eigenvalue weighted by Crippen LogP contribution is -2.26. The summed E-state index contributed by atoms with van der Waals surface area (Å²) < 4.78 is 0. The van der Waals surface area contributed by atoms with Gasteiger partial charge >= 0.3 is 0 Å². The van der Waals surface area contributed by atoms with E-state index in [1.165, 1.54) is 0 Å². The van der Waals surface area contributed by atoms with Crippen molar-refractivity contribution in [1.29, 1.82) is 0 Å². The third kappa shape index (κ3) is 5.03. The summed E-state index contributed by atoms with van der Waals surface area (Å²) >= 11 is 0. The molecule has 1 amide bonds. The number of hydrogen-bond donors (Lipinski definition) is 1. The van der Waals surface area contributed by atoms with Crippen molar-refractivity contribution < 1.29 is 4.79 Å². The summed E-state index contributed by atoms with van der Waals surface area (Å²) in [6.07, 6.45) is 4.12. The Morgan fingerprint density at radius 3 is 2.35 bits per heavy atom. The van der Waals surface area contributed by atoms with Gasteiger partial charge in [0, 0.05) is 31.7 Å². The Labute approximate surface area is 137 Å². The molecule has 0 atom stereocenters. The molecule has 0 fully saturated rings. The van der Waals surface area contributed by atoms with E-state index in [-0.39, 0.29) is 5.91 Å². The number of nitrogens with one attached hydrogen (secondary N) is 1. The minimum absolute atomic E-state index is 0.129. The fraction of sp³-hybridized carbons (Fsp3) is 0.353. The van der Waals surface area contributed by atoms with Crippen molar-refractivity contribution in [3.63, 3.8) is 0 Å². The molecule has 0 bridgehead atoms. The van der Waals surface area contributed by atoms with Crippen LogP contribution in [0.15, 0.2) is 42.7 Å². The number of hydrogen-bond acceptors (Lipinski definition) is 5. The van der Waals surface area contributed by atoms with Gasteiger partial charge in [0.2, 0.25) is 5.95 Å². The maximum absolute atomic E-state index is 12.4. The molecular weight excluding hydrogens is 290 g/mol. The lowest BCUT2D eigenvalue weighted by atomic mass is 10.2. The van der Waals surface area contributed by atoms with E-state index < -0.39 is 0 Å². The number of aromatic nitrogens is 2. The molecule has 23 heavy (non-hydrogen) atoms. The van der Waals surface area contributed by atoms with Crippen molar-refractivity contribution in [2.45, 2.75) is 6.42 Å². The second kappa shape index (κ2) is 8.24. The molecule has 0 spiro atoms. The molecule has 122 valence electrons. The zero-order chi connectivity index (χ0) is 16.7. The molecular formula is C17H23N5O. The lowest BCUT2D eigenvalue weighted by molar-refractivity contribution is 0.0992. The molecule has 6 nitrogen and oxygen atoms in total. The first-order chi connectivity index (χ1) is 11.1. The Balaban J connectivity index is 1.92. The number of carbonyl (C=O) groups is 1. The molecule has 0 aliphatic carbocycles. The van der Waals surface area contributed by atoms with E-state index in [1.807, 2.05) is 44.4 Å². The Kier molecular flexibility index (Phi) is 6.05. The summed E-state index contributed by atoms with van der Waals surface area (Å²) in [5.74, 6) is 0.415. The van der Waals surface area contributed by atoms with Crippen molar-refractivity contribution in [3.05, 3.63) is 48.3 Å². The Morgan fingerprint density at radius 2 is 1.74 bits per heavy atom. The highest BCUT2D eigenvalue weighted by molar-refractivity contribution is 6.05. The van der Waals surface area contributed by atoms with Crippen LogP contribution in [-0.4, -0.2) is 55.0 Å². The van der Waals surface area contributed by atoms with Crippen LogP contribution in [0.25, 0.3) is 0 Å². The first-order valence-corrected chi connectivity index (χ1v) is 7.61. The van der Waals surface area contributed by atoms with Gasteiger partial charge in [-0.15, -0.1) is 0 Å². The average molecular weight is 313 g/mol. The van der Waals surface area contributed by atoms with E-state index in [9.17, 15) is 4.79 Å². The van der Waals surface area contributed by atoms with Gasteiger partial charge in [-0.05, 0) is 39.2 Å². The van der Waals surface area contributed by atoms with Crippen LogP contribution in [0.2, 0.25) is 0 Å². The van der Waals surface area contributed by atoms with Crippen LogP contribution in [0.1, 0.15) is 16.8 Å². The minimum Gasteiger partial charge on any atom is -0.354 e. The molecule has 2 aromatic rings. The summed E-state index contributed by atoms with van der Waals surface area (Å²) in [7, 11) is 5.82. The third-order valence-electron chi connectivity index (χ3n) is 3.41. The van der Waals surface area contributed by atoms with Crippen LogP contribution in [0.5, 0.6) is 0 Å². The van der Waals surface area contributed by atoms with E-state index >= 15 is 0 Å². The zero-order valence-electron chi connectivity index (χ0n) is 13.9. The molecule has 0 aliphatic rings. The first-order valence-electron chi connectivity index (χ1n) is 7.61. The van der Waals surface area contributed by atoms with Gasteiger partial charge in [-0.25, -0.2) is 9.97 Å². The van der Waals surface area contributed by atoms with Crippen molar-refractivity contribution in [2.24, 2.45) is 0 Å². The van der Waals surface area contributed by atoms with E-state index in [1.54, 1.807) is 24.3 Å². The van der Waals surface area contributed by atoms with Crippen LogP contribution in [-0.2, 0) is 0 Å². The molecule has 1 N–H and O–H groups in total. The largest absolute Gasteiger partial charge is 0.354 e. The summed E-state index contributed by atoms with van der Waals surface area (Å²) in [4.78, 5) is 24.5. The van der Waals surface area contributed by atoms with Gasteiger partial charge in [-0.2, -0.15) is 0 Å². The second-order valence-corrected chi connectivity index (χ2v) is 5.58. The van der Waals surface area contributed by atoms with Crippen LogP contribution in [0, 0.1) is 0 Å². The normalized spacial score (nSPS) is 10.6. The highest BCUT2D eigenvalue weighted by atomic mass is 16.2. The number of anilines is 2. The van der Waals surface area contributed by atoms with Crippen LogP contribution < -0.4 is 10.2 Å². The van der Waals surface area contributed by atoms with Crippen LogP contribution in [0.4, 0.5) is 11.6 Å². The van der Waals surface area contributed by atoms with Gasteiger partial charge in [0.05, 0.1) is 5.56 Å². The molecule has 0 aliphatic heterocycles. The van der Waals surface area contributed by atoms with Gasteiger partial charge in [0.15, 0.2) is 0 Å². The van der Waals surface area contributed by atoms with E-state index in [0.717, 1.165) is 25.2 Å². The third-order valence-corrected chi connectivity index (χ3v) is 3.41. The standard InChI is InChI=1S/C17H23N5O/c1-21(2)11-7-10-18-17-19-12-14(13-20-17)16(23)22(3)15-8-5-4-6-9-15/h4-6,8-9,12-13H,7,10-11H2,1-3H3,(H,18,19,20). The van der Waals surface area contributed by atoms with Crippen LogP contribution in [0.3, 0.4) is 0 Å². The smallest absolute Gasteiger partial charge is 0.261 e. The van der Waals surface area contributed by atoms with Gasteiger partial charge in [0.25, 0.3) is 5.91 Å². The summed E-state index contributed by atoms with van der Waals surface area (Å²) in [5, 5.41) is 3.15. The minimum atomic E-state index is -0.129. The maximum Gasteiger partial charge on any atom is 0.261 e. The van der Waals surface area contributed by atoms with Crippen molar-refractivity contribution in [2.75, 3.05) is 44.4 Å². The highest BCUT2D eigenvalue weighted by Crippen LogP contribution is 2.14. The fourth-order valence-electron chi connectivity index (χ4n) is 2.09. The monoisotopic (exact) mass is 313 g/mol. The quantitative estimate of drug-likeness (QED) is 0.793. The molecule has 2 rings (SSSR count). The summed E-state index contributed by atoms with van der Waals surface area (Å²) in [5.41, 5.74) is 1.30. The topological polar surface area (TPSA) is 61.4 Å². The molecule has 6 heteroatoms. The Bertz CT molecular complexity index is 613. The molecule has 0 saturated carbocycles. The predicted octanol–water partition coefficient (Wildman–Crippen LogP) is 2.12. The fourth-order valence-corrected chi connectivity index (χ4v) is 2.09. The Hall–Kier alpha value is -2.47. The van der Waals surface area contributed by atoms with Crippen molar-refractivity contribution >= 4 is 17.5 Å². The molecule has 0 saturated heterocycles. The number of rotatable bonds is 7. The van der Waals surface area contributed by atoms with E-state index in [0.29, 0.717) is 11.5 Å². The molecule has 1 heterocycles. The van der Waals surface area contributed by atoms with Crippen molar-refractivity contribution in [1.82, 2.24) is 14.9 Å². The summed E-state index contributed by atoms with van der Waals surface area (Å²) in [6.45, 7) is 1.81. The number of para-hydroxylation sites is 1.